The van der Waals surface area contributed by atoms with Crippen molar-refractivity contribution < 1.29 is 18.7 Å². The Hall–Kier alpha value is -3.79. The van der Waals surface area contributed by atoms with Crippen LogP contribution in [0.3, 0.4) is 0 Å². The fraction of sp³-hybridized carbons (Fsp3) is 0.190. The Morgan fingerprint density at radius 3 is 2.62 bits per heavy atom. The predicted molar refractivity (Wildman–Crippen MR) is 121 cm³/mol. The minimum atomic E-state index is -0.776. The summed E-state index contributed by atoms with van der Waals surface area (Å²) in [6, 6.07) is 7.96. The van der Waals surface area contributed by atoms with Crippen molar-refractivity contribution in [3.8, 4) is 11.5 Å². The van der Waals surface area contributed by atoms with Gasteiger partial charge in [0.25, 0.3) is 0 Å². The van der Waals surface area contributed by atoms with Gasteiger partial charge in [0, 0.05) is 24.9 Å². The van der Waals surface area contributed by atoms with Crippen molar-refractivity contribution in [2.75, 3.05) is 42.1 Å². The quantitative estimate of drug-likeness (QED) is 0.552. The van der Waals surface area contributed by atoms with Crippen LogP contribution in [0.5, 0.6) is 11.5 Å². The molecule has 0 atom stereocenters. The van der Waals surface area contributed by atoms with E-state index in [-0.39, 0.29) is 34.7 Å². The molecule has 3 N–H and O–H groups in total. The highest BCUT2D eigenvalue weighted by Crippen LogP contribution is 2.44. The molecular weight excluding hydrogens is 439 g/mol. The lowest BCUT2D eigenvalue weighted by atomic mass is 10.1. The van der Waals surface area contributed by atoms with Gasteiger partial charge in [-0.2, -0.15) is 4.98 Å². The van der Waals surface area contributed by atoms with Gasteiger partial charge >= 0.3 is 6.03 Å². The topological polar surface area (TPSA) is 106 Å². The van der Waals surface area contributed by atoms with Gasteiger partial charge in [-0.3, -0.25) is 9.80 Å². The summed E-state index contributed by atoms with van der Waals surface area (Å²) in [4.78, 5) is 24.4. The lowest BCUT2D eigenvalue weighted by molar-refractivity contribution is 0.250. The van der Waals surface area contributed by atoms with E-state index in [4.69, 9.17) is 26.8 Å². The number of fused-ring (bicyclic) bond motifs is 1. The molecule has 0 aliphatic carbocycles. The van der Waals surface area contributed by atoms with Crippen molar-refractivity contribution in [3.05, 3.63) is 52.9 Å². The summed E-state index contributed by atoms with van der Waals surface area (Å²) in [6.45, 7) is -0.000769. The first-order chi connectivity index (χ1) is 15.3. The van der Waals surface area contributed by atoms with Gasteiger partial charge in [0.1, 0.15) is 22.3 Å². The summed E-state index contributed by atoms with van der Waals surface area (Å²) >= 11 is 6.36. The molecule has 1 aliphatic rings. The van der Waals surface area contributed by atoms with Crippen molar-refractivity contribution in [2.24, 2.45) is 0 Å². The second kappa shape index (κ2) is 8.39. The first kappa shape index (κ1) is 21.4. The minimum Gasteiger partial charge on any atom is -0.495 e. The van der Waals surface area contributed by atoms with E-state index in [2.05, 4.69) is 15.3 Å². The maximum Gasteiger partial charge on any atom is 0.330 e. The molecule has 0 unspecified atom stereocenters. The van der Waals surface area contributed by atoms with Crippen LogP contribution in [0.15, 0.2) is 36.5 Å². The third-order valence-corrected chi connectivity index (χ3v) is 5.40. The van der Waals surface area contributed by atoms with Crippen LogP contribution < -0.4 is 30.3 Å². The molecule has 2 amide bonds. The Labute approximate surface area is 188 Å². The Kier molecular flexibility index (Phi) is 5.62. The fourth-order valence-electron chi connectivity index (χ4n) is 3.39. The fourth-order valence-corrected chi connectivity index (χ4v) is 3.70. The number of nitrogens with zero attached hydrogens (tertiary/aromatic N) is 4. The third-order valence-electron chi connectivity index (χ3n) is 5.03. The molecule has 0 radical (unpaired) electrons. The highest BCUT2D eigenvalue weighted by Gasteiger charge is 2.35. The van der Waals surface area contributed by atoms with Crippen LogP contribution in [-0.4, -0.2) is 37.3 Å². The summed E-state index contributed by atoms with van der Waals surface area (Å²) in [5.74, 6) is -0.0509. The molecule has 0 spiro atoms. The zero-order valence-electron chi connectivity index (χ0n) is 17.5. The van der Waals surface area contributed by atoms with E-state index in [0.717, 1.165) is 0 Å². The molecule has 0 saturated heterocycles. The number of nitrogens with two attached hydrogens (primary N) is 1. The van der Waals surface area contributed by atoms with Crippen LogP contribution in [0, 0.1) is 5.82 Å². The molecule has 166 valence electrons. The van der Waals surface area contributed by atoms with E-state index in [0.29, 0.717) is 22.8 Å². The number of ether oxygens (including phenoxy) is 2. The number of hydrogen-bond donors (Lipinski definition) is 2. The van der Waals surface area contributed by atoms with Gasteiger partial charge in [0.15, 0.2) is 11.6 Å². The summed E-state index contributed by atoms with van der Waals surface area (Å²) < 4.78 is 25.4. The zero-order chi connectivity index (χ0) is 23.0. The van der Waals surface area contributed by atoms with Gasteiger partial charge in [-0.25, -0.2) is 14.2 Å². The number of benzene rings is 2. The highest BCUT2D eigenvalue weighted by atomic mass is 35.5. The average Bonchev–Trinajstić information content (AvgIpc) is 2.79. The van der Waals surface area contributed by atoms with Crippen LogP contribution in [0.1, 0.15) is 5.56 Å². The number of anilines is 5. The number of hydrogen-bond acceptors (Lipinski definition) is 7. The predicted octanol–water partition coefficient (Wildman–Crippen LogP) is 4.19. The van der Waals surface area contributed by atoms with Crippen LogP contribution in [0.4, 0.5) is 38.0 Å². The summed E-state index contributed by atoms with van der Waals surface area (Å²) in [5.41, 5.74) is 7.57. The molecule has 32 heavy (non-hydrogen) atoms. The Balaban J connectivity index is 1.73. The van der Waals surface area contributed by atoms with E-state index >= 15 is 4.39 Å². The Morgan fingerprint density at radius 1 is 1.22 bits per heavy atom. The standard InChI is InChI=1S/C21H20ClFN6O3/c1-28-19-11(9-25-20(27-19)26-13-7-5-4-6-12(13)24)10-29(21(28)30)18-16(22)14(31-2)8-15(32-3)17(18)23/h4-9H,10,24H2,1-3H3,(H,25,26,27). The lowest BCUT2D eigenvalue weighted by Gasteiger charge is -2.34. The molecule has 0 bridgehead atoms. The molecule has 1 aliphatic heterocycles. The molecule has 4 rings (SSSR count). The highest BCUT2D eigenvalue weighted by molar-refractivity contribution is 6.35. The zero-order valence-corrected chi connectivity index (χ0v) is 18.3. The summed E-state index contributed by atoms with van der Waals surface area (Å²) in [5, 5.41) is 2.99. The lowest BCUT2D eigenvalue weighted by Crippen LogP contribution is -2.46. The van der Waals surface area contributed by atoms with Crippen LogP contribution in [0.2, 0.25) is 5.02 Å². The number of carbonyl (C=O) groups is 1. The Bertz CT molecular complexity index is 1180. The van der Waals surface area contributed by atoms with E-state index in [9.17, 15) is 4.79 Å². The first-order valence-corrected chi connectivity index (χ1v) is 9.86. The van der Waals surface area contributed by atoms with Crippen molar-refractivity contribution >= 4 is 46.5 Å². The van der Waals surface area contributed by atoms with Crippen LogP contribution >= 0.6 is 11.6 Å². The minimum absolute atomic E-state index is 0.000769. The number of nitrogen functional groups attached to an aromatic ring is 1. The van der Waals surface area contributed by atoms with Crippen molar-refractivity contribution in [1.82, 2.24) is 9.97 Å². The number of urea groups is 1. The number of rotatable bonds is 5. The molecule has 1 aromatic heterocycles. The van der Waals surface area contributed by atoms with Crippen LogP contribution in [0.25, 0.3) is 0 Å². The van der Waals surface area contributed by atoms with Gasteiger partial charge < -0.3 is 20.5 Å². The monoisotopic (exact) mass is 458 g/mol. The van der Waals surface area contributed by atoms with E-state index in [1.54, 1.807) is 18.3 Å². The van der Waals surface area contributed by atoms with Gasteiger partial charge in [-0.05, 0) is 12.1 Å². The molecule has 0 fully saturated rings. The van der Waals surface area contributed by atoms with Crippen LogP contribution in [-0.2, 0) is 6.54 Å². The summed E-state index contributed by atoms with van der Waals surface area (Å²) in [6.07, 6.45) is 1.56. The molecule has 3 aromatic rings. The van der Waals surface area contributed by atoms with Gasteiger partial charge in [-0.1, -0.05) is 23.7 Å². The largest absolute Gasteiger partial charge is 0.495 e. The van der Waals surface area contributed by atoms with E-state index < -0.39 is 11.8 Å². The van der Waals surface area contributed by atoms with Crippen molar-refractivity contribution in [3.63, 3.8) is 0 Å². The van der Waals surface area contributed by atoms with Crippen molar-refractivity contribution in [2.45, 2.75) is 6.54 Å². The van der Waals surface area contributed by atoms with E-state index in [1.807, 2.05) is 12.1 Å². The second-order valence-corrected chi connectivity index (χ2v) is 7.32. The number of para-hydroxylation sites is 2. The van der Waals surface area contributed by atoms with Crippen molar-refractivity contribution in [1.29, 1.82) is 0 Å². The number of carbonyl (C=O) groups excluding carboxylic acids is 1. The van der Waals surface area contributed by atoms with Gasteiger partial charge in [0.05, 0.1) is 32.1 Å². The van der Waals surface area contributed by atoms with E-state index in [1.165, 1.54) is 37.1 Å². The number of nitrogens with one attached hydrogen (secondary N) is 1. The smallest absolute Gasteiger partial charge is 0.330 e. The molecule has 2 aromatic carbocycles. The molecule has 9 nitrogen and oxygen atoms in total. The van der Waals surface area contributed by atoms with Gasteiger partial charge in [0.2, 0.25) is 5.95 Å². The molecular formula is C21H20ClFN6O3. The second-order valence-electron chi connectivity index (χ2n) is 6.94. The third kappa shape index (κ3) is 3.58. The normalized spacial score (nSPS) is 13.1. The average molecular weight is 459 g/mol. The molecule has 0 saturated carbocycles. The number of halogens is 2. The maximum atomic E-state index is 15.1. The SMILES string of the molecule is COc1cc(OC)c(Cl)c(N2Cc3cnc(Nc4ccccc4N)nc3N(C)C2=O)c1F. The first-order valence-electron chi connectivity index (χ1n) is 9.48. The summed E-state index contributed by atoms with van der Waals surface area (Å²) in [7, 11) is 4.24. The molecule has 11 heteroatoms. The maximum absolute atomic E-state index is 15.1. The number of aromatic nitrogens is 2. The number of methoxy groups -OCH3 is 2. The number of amides is 2. The Morgan fingerprint density at radius 2 is 1.94 bits per heavy atom. The van der Waals surface area contributed by atoms with Gasteiger partial charge in [-0.15, -0.1) is 0 Å². The molecule has 2 heterocycles.